The molecule has 0 aliphatic carbocycles. The molecule has 0 radical (unpaired) electrons. The monoisotopic (exact) mass is 398 g/mol. The summed E-state index contributed by atoms with van der Waals surface area (Å²) in [6.07, 6.45) is 3.76. The van der Waals surface area contributed by atoms with Crippen molar-refractivity contribution in [3.63, 3.8) is 0 Å². The Morgan fingerprint density at radius 2 is 2.04 bits per heavy atom. The number of amides is 2. The molecule has 2 heterocycles. The third kappa shape index (κ3) is 4.46. The molecule has 1 aromatic heterocycles. The Balaban J connectivity index is 1.89. The molecule has 0 N–H and O–H groups in total. The van der Waals surface area contributed by atoms with Gasteiger partial charge in [0.05, 0.1) is 5.41 Å². The predicted molar refractivity (Wildman–Crippen MR) is 115 cm³/mol. The first-order chi connectivity index (χ1) is 13.4. The van der Waals surface area contributed by atoms with Gasteiger partial charge in [0.15, 0.2) is 0 Å². The SMILES string of the molecule is CCCC(=O)N1CCC[C@@](Cc2cccc(-c3cccs3)c2)(C(=O)N(C)C)C1. The highest BCUT2D eigenvalue weighted by atomic mass is 32.1. The molecule has 0 bridgehead atoms. The van der Waals surface area contributed by atoms with E-state index in [0.717, 1.165) is 31.4 Å². The quantitative estimate of drug-likeness (QED) is 0.721. The Labute approximate surface area is 172 Å². The molecule has 3 rings (SSSR count). The van der Waals surface area contributed by atoms with Gasteiger partial charge in [-0.3, -0.25) is 9.59 Å². The first-order valence-corrected chi connectivity index (χ1v) is 11.0. The van der Waals surface area contributed by atoms with Crippen LogP contribution in [0.5, 0.6) is 0 Å². The Morgan fingerprint density at radius 1 is 1.21 bits per heavy atom. The maximum Gasteiger partial charge on any atom is 0.230 e. The standard InChI is InChI=1S/C23H30N2O2S/c1-4-8-21(26)25-13-7-12-23(17-25,22(27)24(2)3)16-18-9-5-10-19(15-18)20-11-6-14-28-20/h5-6,9-11,14-15H,4,7-8,12-13,16-17H2,1-3H3/t23-/m0/s1. The average molecular weight is 399 g/mol. The fourth-order valence-corrected chi connectivity index (χ4v) is 4.98. The number of piperidine rings is 1. The Hall–Kier alpha value is -2.14. The molecule has 1 fully saturated rings. The van der Waals surface area contributed by atoms with Crippen molar-refractivity contribution >= 4 is 23.2 Å². The van der Waals surface area contributed by atoms with Crippen molar-refractivity contribution in [2.45, 2.75) is 39.0 Å². The molecule has 28 heavy (non-hydrogen) atoms. The number of hydrogen-bond donors (Lipinski definition) is 0. The second-order valence-electron chi connectivity index (χ2n) is 8.00. The van der Waals surface area contributed by atoms with Gasteiger partial charge in [-0.15, -0.1) is 11.3 Å². The molecular weight excluding hydrogens is 368 g/mol. The van der Waals surface area contributed by atoms with Gasteiger partial charge in [-0.1, -0.05) is 37.3 Å². The van der Waals surface area contributed by atoms with Gasteiger partial charge in [0, 0.05) is 38.5 Å². The van der Waals surface area contributed by atoms with E-state index in [2.05, 4.69) is 41.8 Å². The third-order valence-corrected chi connectivity index (χ3v) is 6.45. The van der Waals surface area contributed by atoms with E-state index < -0.39 is 5.41 Å². The first kappa shape index (κ1) is 20.6. The molecule has 1 saturated heterocycles. The van der Waals surface area contributed by atoms with E-state index in [1.165, 1.54) is 10.4 Å². The highest BCUT2D eigenvalue weighted by Gasteiger charge is 2.44. The van der Waals surface area contributed by atoms with E-state index in [1.807, 2.05) is 25.9 Å². The van der Waals surface area contributed by atoms with Crippen LogP contribution in [-0.4, -0.2) is 48.8 Å². The van der Waals surface area contributed by atoms with E-state index in [-0.39, 0.29) is 11.8 Å². The van der Waals surface area contributed by atoms with Crippen LogP contribution in [0.15, 0.2) is 41.8 Å². The van der Waals surface area contributed by atoms with Crippen molar-refractivity contribution in [3.05, 3.63) is 47.3 Å². The lowest BCUT2D eigenvalue weighted by molar-refractivity contribution is -0.147. The minimum atomic E-state index is -0.542. The van der Waals surface area contributed by atoms with Gasteiger partial charge in [-0.2, -0.15) is 0 Å². The minimum Gasteiger partial charge on any atom is -0.348 e. The normalized spacial score (nSPS) is 19.5. The van der Waals surface area contributed by atoms with Crippen molar-refractivity contribution < 1.29 is 9.59 Å². The van der Waals surface area contributed by atoms with Crippen LogP contribution in [-0.2, 0) is 16.0 Å². The van der Waals surface area contributed by atoms with Crippen molar-refractivity contribution in [3.8, 4) is 10.4 Å². The van der Waals surface area contributed by atoms with Crippen molar-refractivity contribution in [2.75, 3.05) is 27.2 Å². The average Bonchev–Trinajstić information content (AvgIpc) is 3.23. The van der Waals surface area contributed by atoms with Crippen molar-refractivity contribution in [2.24, 2.45) is 5.41 Å². The van der Waals surface area contributed by atoms with E-state index in [0.29, 0.717) is 19.4 Å². The molecular formula is C23H30N2O2S. The molecule has 1 aliphatic heterocycles. The summed E-state index contributed by atoms with van der Waals surface area (Å²) in [4.78, 5) is 30.6. The summed E-state index contributed by atoms with van der Waals surface area (Å²) in [5, 5.41) is 2.08. The molecule has 0 spiro atoms. The molecule has 150 valence electrons. The highest BCUT2D eigenvalue weighted by molar-refractivity contribution is 7.13. The van der Waals surface area contributed by atoms with Gasteiger partial charge < -0.3 is 9.80 Å². The van der Waals surface area contributed by atoms with Gasteiger partial charge >= 0.3 is 0 Å². The summed E-state index contributed by atoms with van der Waals surface area (Å²) in [5.74, 6) is 0.300. The summed E-state index contributed by atoms with van der Waals surface area (Å²) < 4.78 is 0. The van der Waals surface area contributed by atoms with Crippen LogP contribution < -0.4 is 0 Å². The summed E-state index contributed by atoms with van der Waals surface area (Å²) in [6.45, 7) is 3.30. The predicted octanol–water partition coefficient (Wildman–Crippen LogP) is 4.45. The fourth-order valence-electron chi connectivity index (χ4n) is 4.25. The highest BCUT2D eigenvalue weighted by Crippen LogP contribution is 2.37. The fraction of sp³-hybridized carbons (Fsp3) is 0.478. The second kappa shape index (κ2) is 8.91. The van der Waals surface area contributed by atoms with Crippen LogP contribution in [0.3, 0.4) is 0 Å². The first-order valence-electron chi connectivity index (χ1n) is 10.1. The zero-order valence-electron chi connectivity index (χ0n) is 17.1. The molecule has 0 unspecified atom stereocenters. The maximum absolute atomic E-state index is 13.3. The largest absolute Gasteiger partial charge is 0.348 e. The lowest BCUT2D eigenvalue weighted by Crippen LogP contribution is -2.54. The number of carbonyl (C=O) groups is 2. The number of rotatable bonds is 6. The molecule has 1 atom stereocenters. The number of likely N-dealkylation sites (tertiary alicyclic amines) is 1. The topological polar surface area (TPSA) is 40.6 Å². The summed E-state index contributed by atoms with van der Waals surface area (Å²) >= 11 is 1.72. The molecule has 1 aromatic carbocycles. The van der Waals surface area contributed by atoms with Gasteiger partial charge in [-0.05, 0) is 48.3 Å². The summed E-state index contributed by atoms with van der Waals surface area (Å²) in [6, 6.07) is 12.7. The zero-order chi connectivity index (χ0) is 20.1. The zero-order valence-corrected chi connectivity index (χ0v) is 17.9. The molecule has 0 saturated carbocycles. The van der Waals surface area contributed by atoms with E-state index in [4.69, 9.17) is 0 Å². The smallest absolute Gasteiger partial charge is 0.230 e. The third-order valence-electron chi connectivity index (χ3n) is 5.53. The van der Waals surface area contributed by atoms with Gasteiger partial charge in [0.1, 0.15) is 0 Å². The Morgan fingerprint density at radius 3 is 2.71 bits per heavy atom. The van der Waals surface area contributed by atoms with Crippen LogP contribution in [0.4, 0.5) is 0 Å². The van der Waals surface area contributed by atoms with Gasteiger partial charge in [0.2, 0.25) is 11.8 Å². The minimum absolute atomic E-state index is 0.128. The van der Waals surface area contributed by atoms with Crippen molar-refractivity contribution in [1.29, 1.82) is 0 Å². The molecule has 1 aliphatic rings. The number of thiophene rings is 1. The molecule has 2 amide bonds. The molecule has 4 nitrogen and oxygen atoms in total. The van der Waals surface area contributed by atoms with Gasteiger partial charge in [0.25, 0.3) is 0 Å². The maximum atomic E-state index is 13.3. The molecule has 5 heteroatoms. The number of carbonyl (C=O) groups excluding carboxylic acids is 2. The van der Waals surface area contributed by atoms with E-state index in [1.54, 1.807) is 16.2 Å². The molecule has 2 aromatic rings. The lowest BCUT2D eigenvalue weighted by atomic mass is 9.73. The second-order valence-corrected chi connectivity index (χ2v) is 8.95. The Bertz CT molecular complexity index is 816. The Kier molecular flexibility index (Phi) is 6.55. The summed E-state index contributed by atoms with van der Waals surface area (Å²) in [5.41, 5.74) is 1.81. The van der Waals surface area contributed by atoms with Crippen LogP contribution in [0.2, 0.25) is 0 Å². The van der Waals surface area contributed by atoms with E-state index >= 15 is 0 Å². The van der Waals surface area contributed by atoms with Crippen molar-refractivity contribution in [1.82, 2.24) is 9.80 Å². The van der Waals surface area contributed by atoms with Gasteiger partial charge in [-0.25, -0.2) is 0 Å². The van der Waals surface area contributed by atoms with Crippen LogP contribution in [0.25, 0.3) is 10.4 Å². The van der Waals surface area contributed by atoms with Crippen LogP contribution in [0.1, 0.15) is 38.2 Å². The number of hydrogen-bond acceptors (Lipinski definition) is 3. The number of benzene rings is 1. The van der Waals surface area contributed by atoms with Crippen LogP contribution in [0, 0.1) is 5.41 Å². The van der Waals surface area contributed by atoms with Crippen LogP contribution >= 0.6 is 11.3 Å². The lowest BCUT2D eigenvalue weighted by Gasteiger charge is -2.43. The van der Waals surface area contributed by atoms with E-state index in [9.17, 15) is 9.59 Å². The summed E-state index contributed by atoms with van der Waals surface area (Å²) in [7, 11) is 3.64. The number of nitrogens with zero attached hydrogens (tertiary/aromatic N) is 2.